The maximum Gasteiger partial charge on any atom is 0.150 e. The van der Waals surface area contributed by atoms with E-state index in [1.165, 1.54) is 0 Å². The van der Waals surface area contributed by atoms with Crippen LogP contribution in [0.4, 0.5) is 0 Å². The molecule has 1 N–H and O–H groups in total. The van der Waals surface area contributed by atoms with Gasteiger partial charge in [0.1, 0.15) is 10.8 Å². The molecule has 0 radical (unpaired) electrons. The van der Waals surface area contributed by atoms with Crippen LogP contribution >= 0.6 is 11.3 Å². The van der Waals surface area contributed by atoms with Gasteiger partial charge in [0.2, 0.25) is 0 Å². The van der Waals surface area contributed by atoms with E-state index in [0.717, 1.165) is 60.4 Å². The van der Waals surface area contributed by atoms with Crippen LogP contribution in [0.2, 0.25) is 0 Å². The van der Waals surface area contributed by atoms with Crippen molar-refractivity contribution in [1.29, 1.82) is 0 Å². The zero-order valence-electron chi connectivity index (χ0n) is 13.6. The van der Waals surface area contributed by atoms with Crippen molar-refractivity contribution in [1.82, 2.24) is 30.0 Å². The van der Waals surface area contributed by atoms with Crippen molar-refractivity contribution >= 4 is 11.3 Å². The molecule has 4 heterocycles. The molecule has 0 spiro atoms. The van der Waals surface area contributed by atoms with Gasteiger partial charge < -0.3 is 5.32 Å². The van der Waals surface area contributed by atoms with Crippen LogP contribution < -0.4 is 5.32 Å². The van der Waals surface area contributed by atoms with Gasteiger partial charge in [-0.25, -0.2) is 14.6 Å². The fourth-order valence-corrected chi connectivity index (χ4v) is 3.72. The molecule has 3 aromatic heterocycles. The van der Waals surface area contributed by atoms with Crippen molar-refractivity contribution < 1.29 is 0 Å². The number of hydrogen-bond donors (Lipinski definition) is 1. The molecule has 3 aromatic rings. The Bertz CT molecular complexity index is 810. The first-order valence-electron chi connectivity index (χ1n) is 8.33. The number of hydrogen-bond acceptors (Lipinski definition) is 6. The predicted molar refractivity (Wildman–Crippen MR) is 93.7 cm³/mol. The summed E-state index contributed by atoms with van der Waals surface area (Å²) in [6, 6.07) is 6.33. The molecular weight excluding hydrogens is 320 g/mol. The highest BCUT2D eigenvalue weighted by Crippen LogP contribution is 2.21. The van der Waals surface area contributed by atoms with Crippen molar-refractivity contribution in [3.8, 4) is 10.7 Å². The van der Waals surface area contributed by atoms with E-state index in [-0.39, 0.29) is 0 Å². The molecule has 0 unspecified atom stereocenters. The third-order valence-corrected chi connectivity index (χ3v) is 5.14. The van der Waals surface area contributed by atoms with E-state index in [0.29, 0.717) is 6.04 Å². The summed E-state index contributed by atoms with van der Waals surface area (Å²) < 4.78 is 2.06. The molecule has 7 heteroatoms. The monoisotopic (exact) mass is 340 g/mol. The summed E-state index contributed by atoms with van der Waals surface area (Å²) in [6.07, 6.45) is 4.78. The number of aryl methyl sites for hydroxylation is 2. The van der Waals surface area contributed by atoms with Crippen LogP contribution in [-0.2, 0) is 25.9 Å². The largest absolute Gasteiger partial charge is 0.306 e. The molecule has 124 valence electrons. The molecule has 0 fully saturated rings. The van der Waals surface area contributed by atoms with E-state index in [1.807, 2.05) is 18.2 Å². The van der Waals surface area contributed by atoms with E-state index < -0.39 is 0 Å². The van der Waals surface area contributed by atoms with Crippen LogP contribution in [0.15, 0.2) is 29.8 Å². The summed E-state index contributed by atoms with van der Waals surface area (Å²) in [5.74, 6) is 2.07. The van der Waals surface area contributed by atoms with Gasteiger partial charge in [0, 0.05) is 37.0 Å². The molecule has 0 amide bonds. The normalized spacial score (nSPS) is 17.0. The van der Waals surface area contributed by atoms with Crippen molar-refractivity contribution in [2.75, 3.05) is 0 Å². The SMILES string of the molecule is CCc1nc2n(n1)C[C@H](NCc1csc(-c3ccccn3)n1)CC2. The van der Waals surface area contributed by atoms with Gasteiger partial charge in [0.05, 0.1) is 17.9 Å². The van der Waals surface area contributed by atoms with Crippen LogP contribution in [0.3, 0.4) is 0 Å². The van der Waals surface area contributed by atoms with Gasteiger partial charge in [0.25, 0.3) is 0 Å². The number of thiazole rings is 1. The zero-order chi connectivity index (χ0) is 16.4. The fraction of sp³-hybridized carbons (Fsp3) is 0.412. The number of nitrogens with zero attached hydrogens (tertiary/aromatic N) is 5. The molecule has 0 bridgehead atoms. The number of nitrogens with one attached hydrogen (secondary N) is 1. The van der Waals surface area contributed by atoms with Crippen molar-refractivity contribution in [3.63, 3.8) is 0 Å². The molecule has 0 saturated carbocycles. The summed E-state index contributed by atoms with van der Waals surface area (Å²) in [5.41, 5.74) is 2.00. The van der Waals surface area contributed by atoms with E-state index >= 15 is 0 Å². The quantitative estimate of drug-likeness (QED) is 0.773. The Morgan fingerprint density at radius 2 is 2.29 bits per heavy atom. The third-order valence-electron chi connectivity index (χ3n) is 4.23. The minimum atomic E-state index is 0.420. The molecule has 0 saturated heterocycles. The van der Waals surface area contributed by atoms with Crippen molar-refractivity contribution in [2.45, 2.75) is 45.3 Å². The van der Waals surface area contributed by atoms with Crippen LogP contribution in [0.5, 0.6) is 0 Å². The van der Waals surface area contributed by atoms with Crippen LogP contribution in [0.1, 0.15) is 30.7 Å². The zero-order valence-corrected chi connectivity index (χ0v) is 14.5. The number of pyridine rings is 1. The van der Waals surface area contributed by atoms with Crippen LogP contribution in [-0.4, -0.2) is 30.8 Å². The molecule has 1 aliphatic heterocycles. The molecular formula is C17H20N6S. The standard InChI is InChI=1S/C17H20N6S/c1-2-15-21-16-7-6-12(10-23(16)22-15)19-9-13-11-24-17(20-13)14-5-3-4-8-18-14/h3-5,8,11-12,19H,2,6-7,9-10H2,1H3/t12-/m1/s1. The van der Waals surface area contributed by atoms with E-state index in [4.69, 9.17) is 0 Å². The highest BCUT2D eigenvalue weighted by Gasteiger charge is 2.21. The first-order valence-corrected chi connectivity index (χ1v) is 9.21. The Morgan fingerprint density at radius 3 is 3.12 bits per heavy atom. The Labute approximate surface area is 145 Å². The third kappa shape index (κ3) is 3.22. The highest BCUT2D eigenvalue weighted by molar-refractivity contribution is 7.13. The molecule has 1 aliphatic rings. The Hall–Kier alpha value is -2.12. The lowest BCUT2D eigenvalue weighted by atomic mass is 10.1. The lowest BCUT2D eigenvalue weighted by molar-refractivity contribution is 0.356. The summed E-state index contributed by atoms with van der Waals surface area (Å²) >= 11 is 1.64. The van der Waals surface area contributed by atoms with E-state index in [9.17, 15) is 0 Å². The minimum absolute atomic E-state index is 0.420. The van der Waals surface area contributed by atoms with Crippen molar-refractivity contribution in [3.05, 3.63) is 47.1 Å². The van der Waals surface area contributed by atoms with Crippen molar-refractivity contribution in [2.24, 2.45) is 0 Å². The Kier molecular flexibility index (Phi) is 4.36. The van der Waals surface area contributed by atoms with Crippen LogP contribution in [0.25, 0.3) is 10.7 Å². The van der Waals surface area contributed by atoms with Gasteiger partial charge in [-0.3, -0.25) is 4.98 Å². The van der Waals surface area contributed by atoms with Gasteiger partial charge in [-0.2, -0.15) is 5.10 Å². The fourth-order valence-electron chi connectivity index (χ4n) is 2.92. The molecule has 4 rings (SSSR count). The number of aromatic nitrogens is 5. The highest BCUT2D eigenvalue weighted by atomic mass is 32.1. The smallest absolute Gasteiger partial charge is 0.150 e. The lowest BCUT2D eigenvalue weighted by Crippen LogP contribution is -2.37. The molecule has 1 atom stereocenters. The van der Waals surface area contributed by atoms with Gasteiger partial charge >= 0.3 is 0 Å². The van der Waals surface area contributed by atoms with Crippen LogP contribution in [0, 0.1) is 0 Å². The summed E-state index contributed by atoms with van der Waals surface area (Å²) in [4.78, 5) is 13.6. The average molecular weight is 340 g/mol. The van der Waals surface area contributed by atoms with Gasteiger partial charge in [0.15, 0.2) is 5.82 Å². The minimum Gasteiger partial charge on any atom is -0.306 e. The van der Waals surface area contributed by atoms with E-state index in [1.54, 1.807) is 17.5 Å². The summed E-state index contributed by atoms with van der Waals surface area (Å²) in [7, 11) is 0. The second-order valence-corrected chi connectivity index (χ2v) is 6.81. The molecule has 0 aliphatic carbocycles. The predicted octanol–water partition coefficient (Wildman–Crippen LogP) is 2.46. The second kappa shape index (κ2) is 6.78. The second-order valence-electron chi connectivity index (χ2n) is 5.96. The van der Waals surface area contributed by atoms with Gasteiger partial charge in [-0.15, -0.1) is 11.3 Å². The van der Waals surface area contributed by atoms with E-state index in [2.05, 4.69) is 42.4 Å². The summed E-state index contributed by atoms with van der Waals surface area (Å²) in [5, 5.41) is 11.2. The topological polar surface area (TPSA) is 68.5 Å². The molecule has 6 nitrogen and oxygen atoms in total. The Morgan fingerprint density at radius 1 is 1.33 bits per heavy atom. The molecule has 24 heavy (non-hydrogen) atoms. The van der Waals surface area contributed by atoms with Gasteiger partial charge in [-0.1, -0.05) is 13.0 Å². The average Bonchev–Trinajstić information content (AvgIpc) is 3.27. The summed E-state index contributed by atoms with van der Waals surface area (Å²) in [6.45, 7) is 3.76. The van der Waals surface area contributed by atoms with Gasteiger partial charge in [-0.05, 0) is 18.6 Å². The lowest BCUT2D eigenvalue weighted by Gasteiger charge is -2.23. The maximum atomic E-state index is 4.69. The maximum absolute atomic E-state index is 4.69. The molecule has 0 aromatic carbocycles. The first kappa shape index (κ1) is 15.4. The number of fused-ring (bicyclic) bond motifs is 1. The Balaban J connectivity index is 1.37. The number of rotatable bonds is 5. The first-order chi connectivity index (χ1) is 11.8.